The lowest BCUT2D eigenvalue weighted by molar-refractivity contribution is -0.140. The minimum Gasteiger partial charge on any atom is -0.480 e. The molecule has 0 unspecified atom stereocenters. The van der Waals surface area contributed by atoms with Crippen LogP contribution in [0.15, 0.2) is 16.5 Å². The van der Waals surface area contributed by atoms with E-state index in [1.807, 2.05) is 6.92 Å². The molecule has 1 aromatic heterocycles. The van der Waals surface area contributed by atoms with E-state index in [1.54, 1.807) is 12.1 Å². The number of carboxylic acids is 1. The summed E-state index contributed by atoms with van der Waals surface area (Å²) in [6.07, 6.45) is 1.67. The van der Waals surface area contributed by atoms with Crippen molar-refractivity contribution < 1.29 is 19.1 Å². The van der Waals surface area contributed by atoms with Crippen LogP contribution in [0.3, 0.4) is 0 Å². The number of aryl methyl sites for hydroxylation is 1. The van der Waals surface area contributed by atoms with Gasteiger partial charge in [0.1, 0.15) is 11.3 Å². The summed E-state index contributed by atoms with van der Waals surface area (Å²) in [5.41, 5.74) is -1.06. The number of amides is 1. The van der Waals surface area contributed by atoms with Crippen LogP contribution < -0.4 is 5.32 Å². The molecule has 2 N–H and O–H groups in total. The lowest BCUT2D eigenvalue weighted by Crippen LogP contribution is -2.42. The van der Waals surface area contributed by atoms with Crippen molar-refractivity contribution in [2.24, 2.45) is 0 Å². The van der Waals surface area contributed by atoms with Crippen LogP contribution in [-0.4, -0.2) is 22.5 Å². The summed E-state index contributed by atoms with van der Waals surface area (Å²) in [7, 11) is 0. The predicted molar refractivity (Wildman–Crippen MR) is 55.2 cm³/mol. The molecule has 86 valence electrons. The second-order valence-electron chi connectivity index (χ2n) is 3.96. The van der Waals surface area contributed by atoms with E-state index in [9.17, 15) is 9.59 Å². The largest absolute Gasteiger partial charge is 0.480 e. The molecular weight excluding hydrogens is 210 g/mol. The van der Waals surface area contributed by atoms with Gasteiger partial charge in [-0.25, -0.2) is 4.79 Å². The van der Waals surface area contributed by atoms with Crippen molar-refractivity contribution in [3.63, 3.8) is 0 Å². The van der Waals surface area contributed by atoms with Gasteiger partial charge < -0.3 is 14.8 Å². The molecule has 1 heterocycles. The van der Waals surface area contributed by atoms with E-state index in [2.05, 4.69) is 5.32 Å². The van der Waals surface area contributed by atoms with E-state index in [0.717, 1.165) is 0 Å². The molecule has 0 aliphatic heterocycles. The van der Waals surface area contributed by atoms with E-state index in [0.29, 0.717) is 25.0 Å². The van der Waals surface area contributed by atoms with Gasteiger partial charge in [-0.2, -0.15) is 0 Å². The van der Waals surface area contributed by atoms with E-state index in [-0.39, 0.29) is 5.76 Å². The molecule has 0 bridgehead atoms. The van der Waals surface area contributed by atoms with Gasteiger partial charge in [-0.05, 0) is 25.0 Å². The van der Waals surface area contributed by atoms with Gasteiger partial charge in [0.2, 0.25) is 0 Å². The third-order valence-electron chi connectivity index (χ3n) is 2.75. The summed E-state index contributed by atoms with van der Waals surface area (Å²) in [5.74, 6) is -0.558. The molecule has 16 heavy (non-hydrogen) atoms. The van der Waals surface area contributed by atoms with E-state index in [4.69, 9.17) is 9.52 Å². The predicted octanol–water partition coefficient (Wildman–Crippen LogP) is 1.19. The highest BCUT2D eigenvalue weighted by molar-refractivity contribution is 5.97. The number of aliphatic carboxylic acids is 1. The Hall–Kier alpha value is -1.78. The summed E-state index contributed by atoms with van der Waals surface area (Å²) in [6.45, 7) is 1.92. The van der Waals surface area contributed by atoms with Gasteiger partial charge in [0.25, 0.3) is 5.91 Å². The molecule has 0 aromatic carbocycles. The number of hydrogen-bond acceptors (Lipinski definition) is 3. The Morgan fingerprint density at radius 1 is 1.50 bits per heavy atom. The minimum absolute atomic E-state index is 0.171. The Balaban J connectivity index is 2.06. The molecule has 1 aromatic rings. The maximum Gasteiger partial charge on any atom is 0.329 e. The Morgan fingerprint density at radius 2 is 2.19 bits per heavy atom. The molecule has 1 saturated carbocycles. The first-order valence-corrected chi connectivity index (χ1v) is 5.22. The number of rotatable bonds is 4. The molecule has 1 amide bonds. The van der Waals surface area contributed by atoms with Crippen LogP contribution in [0.4, 0.5) is 0 Å². The molecule has 1 fully saturated rings. The standard InChI is InChI=1S/C11H13NO4/c1-2-7-3-4-8(16-7)9(13)12-11(5-6-11)10(14)15/h3-4H,2,5-6H2,1H3,(H,12,13)(H,14,15). The average molecular weight is 223 g/mol. The number of nitrogens with one attached hydrogen (secondary N) is 1. The van der Waals surface area contributed by atoms with Crippen molar-refractivity contribution in [2.45, 2.75) is 31.7 Å². The molecule has 0 radical (unpaired) electrons. The normalized spacial score (nSPS) is 16.8. The quantitative estimate of drug-likeness (QED) is 0.803. The van der Waals surface area contributed by atoms with E-state index >= 15 is 0 Å². The molecular formula is C11H13NO4. The Bertz CT molecular complexity index is 431. The van der Waals surface area contributed by atoms with Gasteiger partial charge in [0.15, 0.2) is 5.76 Å². The zero-order chi connectivity index (χ0) is 11.8. The molecule has 0 spiro atoms. The van der Waals surface area contributed by atoms with Crippen molar-refractivity contribution in [1.82, 2.24) is 5.32 Å². The van der Waals surface area contributed by atoms with Crippen molar-refractivity contribution in [1.29, 1.82) is 0 Å². The molecule has 0 saturated heterocycles. The van der Waals surface area contributed by atoms with Crippen molar-refractivity contribution in [2.75, 3.05) is 0 Å². The van der Waals surface area contributed by atoms with Crippen LogP contribution >= 0.6 is 0 Å². The zero-order valence-corrected chi connectivity index (χ0v) is 8.95. The molecule has 5 nitrogen and oxygen atoms in total. The van der Waals surface area contributed by atoms with Gasteiger partial charge in [0.05, 0.1) is 0 Å². The van der Waals surface area contributed by atoms with Gasteiger partial charge in [0, 0.05) is 6.42 Å². The van der Waals surface area contributed by atoms with Crippen LogP contribution in [0.2, 0.25) is 0 Å². The number of carbonyl (C=O) groups is 2. The lowest BCUT2D eigenvalue weighted by Gasteiger charge is -2.10. The smallest absolute Gasteiger partial charge is 0.329 e. The van der Waals surface area contributed by atoms with Crippen LogP contribution in [0, 0.1) is 0 Å². The van der Waals surface area contributed by atoms with Crippen LogP contribution in [-0.2, 0) is 11.2 Å². The van der Waals surface area contributed by atoms with Crippen molar-refractivity contribution in [3.8, 4) is 0 Å². The minimum atomic E-state index is -1.06. The molecule has 1 aliphatic rings. The maximum absolute atomic E-state index is 11.7. The Labute approximate surface area is 92.4 Å². The third-order valence-corrected chi connectivity index (χ3v) is 2.75. The SMILES string of the molecule is CCc1ccc(C(=O)NC2(C(=O)O)CC2)o1. The van der Waals surface area contributed by atoms with Gasteiger partial charge >= 0.3 is 5.97 Å². The van der Waals surface area contributed by atoms with Crippen LogP contribution in [0.25, 0.3) is 0 Å². The summed E-state index contributed by atoms with van der Waals surface area (Å²) in [6, 6.07) is 3.28. The Morgan fingerprint density at radius 3 is 2.62 bits per heavy atom. The van der Waals surface area contributed by atoms with E-state index in [1.165, 1.54) is 0 Å². The highest BCUT2D eigenvalue weighted by atomic mass is 16.4. The second kappa shape index (κ2) is 3.66. The van der Waals surface area contributed by atoms with E-state index < -0.39 is 17.4 Å². The monoisotopic (exact) mass is 223 g/mol. The highest BCUT2D eigenvalue weighted by Crippen LogP contribution is 2.35. The lowest BCUT2D eigenvalue weighted by atomic mass is 10.2. The zero-order valence-electron chi connectivity index (χ0n) is 8.95. The fourth-order valence-electron chi connectivity index (χ4n) is 1.49. The number of carboxylic acid groups (broad SMARTS) is 1. The van der Waals surface area contributed by atoms with Crippen LogP contribution in [0.1, 0.15) is 36.1 Å². The number of carbonyl (C=O) groups excluding carboxylic acids is 1. The van der Waals surface area contributed by atoms with Gasteiger partial charge in [-0.15, -0.1) is 0 Å². The molecule has 2 rings (SSSR count). The summed E-state index contributed by atoms with van der Waals surface area (Å²) >= 11 is 0. The highest BCUT2D eigenvalue weighted by Gasteiger charge is 2.52. The molecule has 0 atom stereocenters. The first-order chi connectivity index (χ1) is 7.57. The number of hydrogen-bond donors (Lipinski definition) is 2. The molecule has 5 heteroatoms. The molecule has 1 aliphatic carbocycles. The first-order valence-electron chi connectivity index (χ1n) is 5.22. The third kappa shape index (κ3) is 1.80. The van der Waals surface area contributed by atoms with Gasteiger partial charge in [-0.3, -0.25) is 4.79 Å². The summed E-state index contributed by atoms with van der Waals surface area (Å²) in [5, 5.41) is 11.4. The van der Waals surface area contributed by atoms with Crippen molar-refractivity contribution in [3.05, 3.63) is 23.7 Å². The fourth-order valence-corrected chi connectivity index (χ4v) is 1.49. The fraction of sp³-hybridized carbons (Fsp3) is 0.455. The first kappa shape index (κ1) is 10.7. The van der Waals surface area contributed by atoms with Crippen molar-refractivity contribution >= 4 is 11.9 Å². The second-order valence-corrected chi connectivity index (χ2v) is 3.96. The maximum atomic E-state index is 11.7. The topological polar surface area (TPSA) is 79.5 Å². The summed E-state index contributed by atoms with van der Waals surface area (Å²) < 4.78 is 5.24. The average Bonchev–Trinajstić information content (AvgIpc) is 2.88. The number of furan rings is 1. The van der Waals surface area contributed by atoms with Gasteiger partial charge in [-0.1, -0.05) is 6.92 Å². The Kier molecular flexibility index (Phi) is 2.46. The van der Waals surface area contributed by atoms with Crippen LogP contribution in [0.5, 0.6) is 0 Å². The summed E-state index contributed by atoms with van der Waals surface area (Å²) in [4.78, 5) is 22.5.